The summed E-state index contributed by atoms with van der Waals surface area (Å²) < 4.78 is 11.4. The Labute approximate surface area is 144 Å². The van der Waals surface area contributed by atoms with Crippen molar-refractivity contribution >= 4 is 16.7 Å². The molecule has 6 heteroatoms. The predicted molar refractivity (Wildman–Crippen MR) is 95.5 cm³/mol. The molecule has 0 fully saturated rings. The summed E-state index contributed by atoms with van der Waals surface area (Å²) in [7, 11) is -1.02. The van der Waals surface area contributed by atoms with Gasteiger partial charge in [-0.15, -0.1) is 0 Å². The molecule has 0 unspecified atom stereocenters. The van der Waals surface area contributed by atoms with E-state index < -0.39 is 10.8 Å². The van der Waals surface area contributed by atoms with Gasteiger partial charge in [-0.2, -0.15) is 0 Å². The second kappa shape index (κ2) is 8.06. The Morgan fingerprint density at radius 1 is 1.21 bits per heavy atom. The molecule has 0 aliphatic rings. The first-order valence-electron chi connectivity index (χ1n) is 7.79. The Balaban J connectivity index is 2.05. The van der Waals surface area contributed by atoms with E-state index in [1.54, 1.807) is 24.5 Å². The minimum atomic E-state index is -1.02. The van der Waals surface area contributed by atoms with Gasteiger partial charge in [0.2, 0.25) is 5.56 Å². The smallest absolute Gasteiger partial charge is 0.251 e. The van der Waals surface area contributed by atoms with Crippen LogP contribution in [-0.4, -0.2) is 21.4 Å². The highest BCUT2D eigenvalue weighted by Gasteiger charge is 2.09. The summed E-state index contributed by atoms with van der Waals surface area (Å²) in [6, 6.07) is 10.3. The lowest BCUT2D eigenvalue weighted by Crippen LogP contribution is -2.25. The number of hydrogen-bond donors (Lipinski definition) is 2. The van der Waals surface area contributed by atoms with Gasteiger partial charge in [0.1, 0.15) is 0 Å². The van der Waals surface area contributed by atoms with Crippen LogP contribution in [0.5, 0.6) is 0 Å². The van der Waals surface area contributed by atoms with Gasteiger partial charge in [0.05, 0.1) is 0 Å². The zero-order valence-electron chi connectivity index (χ0n) is 14.1. The van der Waals surface area contributed by atoms with E-state index in [0.29, 0.717) is 24.4 Å². The third kappa shape index (κ3) is 5.16. The zero-order valence-corrected chi connectivity index (χ0v) is 14.9. The number of carbonyl (C=O) groups excluding carboxylic acids is 1. The van der Waals surface area contributed by atoms with E-state index in [-0.39, 0.29) is 11.5 Å². The van der Waals surface area contributed by atoms with Crippen molar-refractivity contribution in [2.45, 2.75) is 31.7 Å². The second-order valence-electron chi connectivity index (χ2n) is 6.14. The summed E-state index contributed by atoms with van der Waals surface area (Å²) in [6.45, 7) is 4.46. The Morgan fingerprint density at radius 3 is 2.46 bits per heavy atom. The summed E-state index contributed by atoms with van der Waals surface area (Å²) in [5, 5.41) is 2.80. The van der Waals surface area contributed by atoms with Crippen LogP contribution in [0.3, 0.4) is 0 Å². The third-order valence-corrected chi connectivity index (χ3v) is 4.43. The van der Waals surface area contributed by atoms with Crippen LogP contribution in [0, 0.1) is 5.92 Å². The summed E-state index contributed by atoms with van der Waals surface area (Å²) in [5.41, 5.74) is 1.76. The normalized spacial score (nSPS) is 12.2. The summed E-state index contributed by atoms with van der Waals surface area (Å²) in [4.78, 5) is 27.5. The largest absolute Gasteiger partial charge is 0.348 e. The number of carbonyl (C=O) groups is 1. The molecule has 0 aliphatic carbocycles. The average molecular weight is 346 g/mol. The first kappa shape index (κ1) is 18.1. The van der Waals surface area contributed by atoms with Crippen LogP contribution in [0.15, 0.2) is 46.1 Å². The Hall–Kier alpha value is -2.21. The molecule has 1 atom stereocenters. The number of amides is 1. The van der Waals surface area contributed by atoms with Gasteiger partial charge in [0.25, 0.3) is 5.91 Å². The SMILES string of the molecule is CC(C)Cc1cc(C(=O)NCc2ccc([S@@](C)=O)cc2)cc(=O)[nH]1. The highest BCUT2D eigenvalue weighted by Crippen LogP contribution is 2.09. The lowest BCUT2D eigenvalue weighted by atomic mass is 10.1. The highest BCUT2D eigenvalue weighted by atomic mass is 32.2. The number of benzene rings is 1. The molecule has 5 nitrogen and oxygen atoms in total. The van der Waals surface area contributed by atoms with Gasteiger partial charge in [-0.3, -0.25) is 13.8 Å². The fourth-order valence-corrected chi connectivity index (χ4v) is 2.88. The number of rotatable bonds is 6. The van der Waals surface area contributed by atoms with E-state index in [4.69, 9.17) is 0 Å². The first-order chi connectivity index (χ1) is 11.3. The molecule has 2 N–H and O–H groups in total. The molecule has 1 heterocycles. The van der Waals surface area contributed by atoms with E-state index in [2.05, 4.69) is 24.1 Å². The fourth-order valence-electron chi connectivity index (χ4n) is 2.37. The number of nitrogens with one attached hydrogen (secondary N) is 2. The van der Waals surface area contributed by atoms with Crippen molar-refractivity contribution in [3.63, 3.8) is 0 Å². The van der Waals surface area contributed by atoms with E-state index in [0.717, 1.165) is 16.2 Å². The van der Waals surface area contributed by atoms with Gasteiger partial charge in [-0.05, 0) is 36.1 Å². The average Bonchev–Trinajstić information content (AvgIpc) is 2.51. The molecule has 128 valence electrons. The van der Waals surface area contributed by atoms with Crippen molar-refractivity contribution in [3.05, 3.63) is 63.6 Å². The van der Waals surface area contributed by atoms with Gasteiger partial charge in [-0.25, -0.2) is 0 Å². The van der Waals surface area contributed by atoms with Gasteiger partial charge >= 0.3 is 0 Å². The van der Waals surface area contributed by atoms with Crippen LogP contribution in [0.4, 0.5) is 0 Å². The van der Waals surface area contributed by atoms with E-state index in [9.17, 15) is 13.8 Å². The summed E-state index contributed by atoms with van der Waals surface area (Å²) >= 11 is 0. The third-order valence-electron chi connectivity index (χ3n) is 3.50. The standard InChI is InChI=1S/C18H22N2O3S/c1-12(2)8-15-9-14(10-17(21)20-15)18(22)19-11-13-4-6-16(7-5-13)24(3)23/h4-7,9-10,12H,8,11H2,1-3H3,(H,19,22)(H,20,21)/t24-/m1/s1. The van der Waals surface area contributed by atoms with Crippen molar-refractivity contribution in [1.82, 2.24) is 10.3 Å². The quantitative estimate of drug-likeness (QED) is 0.842. The number of aromatic nitrogens is 1. The molecule has 1 amide bonds. The lowest BCUT2D eigenvalue weighted by Gasteiger charge is -2.09. The van der Waals surface area contributed by atoms with E-state index in [1.807, 2.05) is 12.1 Å². The molecular weight excluding hydrogens is 324 g/mol. The number of pyridine rings is 1. The van der Waals surface area contributed by atoms with Crippen LogP contribution in [0.2, 0.25) is 0 Å². The maximum Gasteiger partial charge on any atom is 0.251 e. The second-order valence-corrected chi connectivity index (χ2v) is 7.52. The predicted octanol–water partition coefficient (Wildman–Crippen LogP) is 2.24. The summed E-state index contributed by atoms with van der Waals surface area (Å²) in [5.74, 6) is 0.107. The maximum atomic E-state index is 12.3. The highest BCUT2D eigenvalue weighted by molar-refractivity contribution is 7.84. The van der Waals surface area contributed by atoms with E-state index in [1.165, 1.54) is 6.07 Å². The van der Waals surface area contributed by atoms with Gasteiger partial charge in [-0.1, -0.05) is 26.0 Å². The Morgan fingerprint density at radius 2 is 1.88 bits per heavy atom. The number of hydrogen-bond acceptors (Lipinski definition) is 3. The topological polar surface area (TPSA) is 79.0 Å². The molecule has 2 aromatic rings. The summed E-state index contributed by atoms with van der Waals surface area (Å²) in [6.07, 6.45) is 2.34. The van der Waals surface area contributed by atoms with Crippen LogP contribution in [-0.2, 0) is 23.8 Å². The van der Waals surface area contributed by atoms with Crippen molar-refractivity contribution in [2.24, 2.45) is 5.92 Å². The van der Waals surface area contributed by atoms with Crippen LogP contribution in [0.1, 0.15) is 35.5 Å². The molecule has 24 heavy (non-hydrogen) atoms. The van der Waals surface area contributed by atoms with Crippen LogP contribution in [0.25, 0.3) is 0 Å². The maximum absolute atomic E-state index is 12.3. The fraction of sp³-hybridized carbons (Fsp3) is 0.333. The molecule has 0 radical (unpaired) electrons. The van der Waals surface area contributed by atoms with Gasteiger partial charge in [0.15, 0.2) is 0 Å². The molecule has 0 saturated carbocycles. The lowest BCUT2D eigenvalue weighted by molar-refractivity contribution is 0.0950. The van der Waals surface area contributed by atoms with Crippen molar-refractivity contribution in [3.8, 4) is 0 Å². The Kier molecular flexibility index (Phi) is 6.09. The minimum absolute atomic E-state index is 0.270. The van der Waals surface area contributed by atoms with Crippen LogP contribution < -0.4 is 10.9 Å². The van der Waals surface area contributed by atoms with Gasteiger partial charge < -0.3 is 10.3 Å². The first-order valence-corrected chi connectivity index (χ1v) is 9.35. The molecule has 0 saturated heterocycles. The molecule has 1 aromatic heterocycles. The van der Waals surface area contributed by atoms with Crippen molar-refractivity contribution < 1.29 is 9.00 Å². The number of aromatic amines is 1. The zero-order chi connectivity index (χ0) is 17.7. The molecule has 0 aliphatic heterocycles. The molecule has 2 rings (SSSR count). The molecular formula is C18H22N2O3S. The molecule has 0 bridgehead atoms. The van der Waals surface area contributed by atoms with Crippen LogP contribution >= 0.6 is 0 Å². The Bertz CT molecular complexity index is 795. The number of H-pyrrole nitrogens is 1. The molecule has 1 aromatic carbocycles. The minimum Gasteiger partial charge on any atom is -0.348 e. The monoisotopic (exact) mass is 346 g/mol. The van der Waals surface area contributed by atoms with Gasteiger partial charge in [0, 0.05) is 45.8 Å². The van der Waals surface area contributed by atoms with Crippen molar-refractivity contribution in [2.75, 3.05) is 6.26 Å². The van der Waals surface area contributed by atoms with E-state index >= 15 is 0 Å². The van der Waals surface area contributed by atoms with Crippen molar-refractivity contribution in [1.29, 1.82) is 0 Å². The molecule has 0 spiro atoms.